The van der Waals surface area contributed by atoms with Crippen LogP contribution in [-0.4, -0.2) is 39.5 Å². The first-order valence-electron chi connectivity index (χ1n) is 7.86. The molecule has 0 bridgehead atoms. The van der Waals surface area contributed by atoms with Crippen LogP contribution in [0.2, 0.25) is 0 Å². The molecule has 0 aliphatic heterocycles. The smallest absolute Gasteiger partial charge is 0.332 e. The zero-order valence-corrected chi connectivity index (χ0v) is 15.1. The molecule has 26 heavy (non-hydrogen) atoms. The first-order chi connectivity index (χ1) is 11.9. The summed E-state index contributed by atoms with van der Waals surface area (Å²) in [5.74, 6) is -3.41. The maximum Gasteiger partial charge on any atom is 0.332 e. The van der Waals surface area contributed by atoms with Crippen molar-refractivity contribution in [2.45, 2.75) is 39.7 Å². The molecule has 1 aliphatic carbocycles. The summed E-state index contributed by atoms with van der Waals surface area (Å²) in [5, 5.41) is 17.5. The molecule has 1 aliphatic rings. The van der Waals surface area contributed by atoms with Gasteiger partial charge in [0, 0.05) is 30.1 Å². The summed E-state index contributed by atoms with van der Waals surface area (Å²) < 4.78 is 5.59. The molecule has 1 atom stereocenters. The zero-order valence-electron chi connectivity index (χ0n) is 15.1. The number of rotatable bonds is 6. The van der Waals surface area contributed by atoms with E-state index in [2.05, 4.69) is 0 Å². The van der Waals surface area contributed by atoms with Crippen LogP contribution in [0.25, 0.3) is 0 Å². The Balaban J connectivity index is 3.42. The van der Waals surface area contributed by atoms with E-state index >= 15 is 0 Å². The molecule has 7 nitrogen and oxygen atoms in total. The summed E-state index contributed by atoms with van der Waals surface area (Å²) >= 11 is 0. The van der Waals surface area contributed by atoms with Gasteiger partial charge in [0.2, 0.25) is 0 Å². The standard InChI is InChI=1S/C19H22O7/c1-12(9-16(23)24)7-8-19(26-17(25)6-5-15(21)22)13(2)10-14(20)11-18(19,3)4/h5-10H,11H2,1-4H3,(H,21,22)(H,23,24)/b6-5-,8-7?,12-9-. The van der Waals surface area contributed by atoms with Crippen molar-refractivity contribution in [2.24, 2.45) is 5.41 Å². The van der Waals surface area contributed by atoms with Crippen molar-refractivity contribution in [3.63, 3.8) is 0 Å². The molecule has 140 valence electrons. The third kappa shape index (κ3) is 5.02. The lowest BCUT2D eigenvalue weighted by Crippen LogP contribution is -2.51. The second-order valence-electron chi connectivity index (χ2n) is 6.74. The van der Waals surface area contributed by atoms with Gasteiger partial charge in [0.15, 0.2) is 11.4 Å². The number of carboxylic acids is 2. The van der Waals surface area contributed by atoms with Gasteiger partial charge in [-0.2, -0.15) is 0 Å². The number of hydrogen-bond acceptors (Lipinski definition) is 5. The lowest BCUT2D eigenvalue weighted by Gasteiger charge is -2.46. The van der Waals surface area contributed by atoms with Crippen LogP contribution in [0.15, 0.2) is 47.6 Å². The Hall–Kier alpha value is -2.96. The van der Waals surface area contributed by atoms with Crippen molar-refractivity contribution in [1.29, 1.82) is 0 Å². The number of ketones is 1. The quantitative estimate of drug-likeness (QED) is 0.423. The van der Waals surface area contributed by atoms with Gasteiger partial charge < -0.3 is 14.9 Å². The third-order valence-electron chi connectivity index (χ3n) is 4.14. The van der Waals surface area contributed by atoms with E-state index < -0.39 is 28.9 Å². The van der Waals surface area contributed by atoms with Crippen LogP contribution in [0.1, 0.15) is 34.1 Å². The van der Waals surface area contributed by atoms with E-state index in [0.717, 1.165) is 12.2 Å². The molecular formula is C19H22O7. The highest BCUT2D eigenvalue weighted by Crippen LogP contribution is 2.47. The summed E-state index contributed by atoms with van der Waals surface area (Å²) in [6.07, 6.45) is 6.96. The highest BCUT2D eigenvalue weighted by atomic mass is 16.6. The Morgan fingerprint density at radius 1 is 1.12 bits per heavy atom. The number of aliphatic carboxylic acids is 2. The molecule has 0 amide bonds. The van der Waals surface area contributed by atoms with Gasteiger partial charge in [-0.1, -0.05) is 19.9 Å². The van der Waals surface area contributed by atoms with E-state index in [9.17, 15) is 19.2 Å². The Kier molecular flexibility index (Phi) is 6.44. The Bertz CT molecular complexity index is 750. The van der Waals surface area contributed by atoms with Gasteiger partial charge >= 0.3 is 17.9 Å². The molecule has 1 rings (SSSR count). The molecule has 0 aromatic carbocycles. The van der Waals surface area contributed by atoms with Crippen LogP contribution in [0.4, 0.5) is 0 Å². The topological polar surface area (TPSA) is 118 Å². The summed E-state index contributed by atoms with van der Waals surface area (Å²) in [6, 6.07) is 0. The number of carbonyl (C=O) groups excluding carboxylic acids is 2. The molecule has 0 saturated heterocycles. The van der Waals surface area contributed by atoms with Crippen molar-refractivity contribution in [1.82, 2.24) is 0 Å². The van der Waals surface area contributed by atoms with Crippen molar-refractivity contribution in [3.8, 4) is 0 Å². The molecule has 2 N–H and O–H groups in total. The summed E-state index contributed by atoms with van der Waals surface area (Å²) in [6.45, 7) is 6.70. The minimum Gasteiger partial charge on any atom is -0.478 e. The monoisotopic (exact) mass is 362 g/mol. The molecule has 7 heteroatoms. The zero-order chi connectivity index (χ0) is 20.1. The van der Waals surface area contributed by atoms with Gasteiger partial charge in [-0.3, -0.25) is 4.79 Å². The number of carbonyl (C=O) groups is 4. The lowest BCUT2D eigenvalue weighted by atomic mass is 9.64. The van der Waals surface area contributed by atoms with E-state index in [1.165, 1.54) is 18.2 Å². The molecule has 0 aromatic heterocycles. The Labute approximate surface area is 151 Å². The van der Waals surface area contributed by atoms with Crippen LogP contribution in [-0.2, 0) is 23.9 Å². The van der Waals surface area contributed by atoms with Crippen LogP contribution in [0, 0.1) is 5.41 Å². The molecular weight excluding hydrogens is 340 g/mol. The minimum absolute atomic E-state index is 0.103. The second-order valence-corrected chi connectivity index (χ2v) is 6.74. The average Bonchev–Trinajstić information content (AvgIpc) is 2.46. The fraction of sp³-hybridized carbons (Fsp3) is 0.368. The van der Waals surface area contributed by atoms with Crippen LogP contribution >= 0.6 is 0 Å². The van der Waals surface area contributed by atoms with Gasteiger partial charge in [0.1, 0.15) is 0 Å². The summed E-state index contributed by atoms with van der Waals surface area (Å²) in [5.41, 5.74) is -1.27. The van der Waals surface area contributed by atoms with E-state index in [4.69, 9.17) is 14.9 Å². The van der Waals surface area contributed by atoms with Gasteiger partial charge in [-0.25, -0.2) is 14.4 Å². The number of carboxylic acid groups (broad SMARTS) is 2. The number of esters is 1. The Morgan fingerprint density at radius 2 is 1.73 bits per heavy atom. The molecule has 0 fully saturated rings. The highest BCUT2D eigenvalue weighted by Gasteiger charge is 2.51. The van der Waals surface area contributed by atoms with Crippen LogP contribution < -0.4 is 0 Å². The minimum atomic E-state index is -1.32. The van der Waals surface area contributed by atoms with E-state index in [1.807, 2.05) is 0 Å². The third-order valence-corrected chi connectivity index (χ3v) is 4.14. The van der Waals surface area contributed by atoms with Crippen LogP contribution in [0.3, 0.4) is 0 Å². The number of allylic oxidation sites excluding steroid dienone is 3. The average molecular weight is 362 g/mol. The van der Waals surface area contributed by atoms with Crippen molar-refractivity contribution >= 4 is 23.7 Å². The lowest BCUT2D eigenvalue weighted by molar-refractivity contribution is -0.158. The normalized spacial score (nSPS) is 23.2. The summed E-state index contributed by atoms with van der Waals surface area (Å²) in [7, 11) is 0. The fourth-order valence-electron chi connectivity index (χ4n) is 2.93. The first kappa shape index (κ1) is 21.1. The summed E-state index contributed by atoms with van der Waals surface area (Å²) in [4.78, 5) is 45.5. The predicted molar refractivity (Wildman–Crippen MR) is 93.3 cm³/mol. The molecule has 0 heterocycles. The van der Waals surface area contributed by atoms with Gasteiger partial charge in [-0.15, -0.1) is 0 Å². The maximum atomic E-state index is 12.1. The molecule has 0 spiro atoms. The number of ether oxygens (including phenoxy) is 1. The van der Waals surface area contributed by atoms with Gasteiger partial charge in [-0.05, 0) is 37.1 Å². The van der Waals surface area contributed by atoms with Crippen molar-refractivity contribution in [2.75, 3.05) is 0 Å². The molecule has 0 saturated carbocycles. The van der Waals surface area contributed by atoms with Gasteiger partial charge in [0.25, 0.3) is 0 Å². The Morgan fingerprint density at radius 3 is 2.23 bits per heavy atom. The largest absolute Gasteiger partial charge is 0.478 e. The molecule has 1 unspecified atom stereocenters. The van der Waals surface area contributed by atoms with E-state index in [0.29, 0.717) is 17.2 Å². The maximum absolute atomic E-state index is 12.1. The van der Waals surface area contributed by atoms with Crippen LogP contribution in [0.5, 0.6) is 0 Å². The first-order valence-corrected chi connectivity index (χ1v) is 7.86. The molecule has 0 radical (unpaired) electrons. The van der Waals surface area contributed by atoms with Gasteiger partial charge in [0.05, 0.1) is 0 Å². The van der Waals surface area contributed by atoms with E-state index in [-0.39, 0.29) is 12.2 Å². The fourth-order valence-corrected chi connectivity index (χ4v) is 2.93. The highest BCUT2D eigenvalue weighted by molar-refractivity contribution is 5.94. The van der Waals surface area contributed by atoms with Crippen molar-refractivity contribution in [3.05, 3.63) is 47.6 Å². The SMILES string of the molecule is CC1=CC(=O)CC(C)(C)C1(C=C/C(C)=C\C(=O)O)OC(=O)/C=C\C(=O)O. The van der Waals surface area contributed by atoms with Crippen molar-refractivity contribution < 1.29 is 34.1 Å². The second kappa shape index (κ2) is 7.95. The van der Waals surface area contributed by atoms with E-state index in [1.54, 1.807) is 27.7 Å². The number of hydrogen-bond donors (Lipinski definition) is 2. The molecule has 0 aromatic rings. The predicted octanol–water partition coefficient (Wildman–Crippen LogP) is 2.44.